The zero-order valence-corrected chi connectivity index (χ0v) is 18.8. The van der Waals surface area contributed by atoms with E-state index < -0.39 is 6.61 Å². The van der Waals surface area contributed by atoms with Crippen LogP contribution in [0.4, 0.5) is 8.78 Å². The summed E-state index contributed by atoms with van der Waals surface area (Å²) in [6, 6.07) is 4.68. The van der Waals surface area contributed by atoms with Gasteiger partial charge < -0.3 is 24.7 Å². The lowest BCUT2D eigenvalue weighted by Gasteiger charge is -2.13. The first-order chi connectivity index (χ1) is 13.6. The molecular weight excluding hydrogens is 497 g/mol. The first kappa shape index (κ1) is 24.9. The Balaban J connectivity index is 0.00000420. The van der Waals surface area contributed by atoms with Crippen molar-refractivity contribution in [3.8, 4) is 11.5 Å². The van der Waals surface area contributed by atoms with Crippen molar-refractivity contribution in [3.63, 3.8) is 0 Å². The lowest BCUT2D eigenvalue weighted by molar-refractivity contribution is -0.0504. The van der Waals surface area contributed by atoms with E-state index in [9.17, 15) is 8.78 Å². The zero-order chi connectivity index (χ0) is 20.2. The number of alkyl halides is 2. The number of methoxy groups -OCH3 is 1. The Morgan fingerprint density at radius 1 is 1.21 bits per heavy atom. The van der Waals surface area contributed by atoms with Crippen molar-refractivity contribution >= 4 is 29.9 Å². The van der Waals surface area contributed by atoms with Gasteiger partial charge in [-0.3, -0.25) is 0 Å². The van der Waals surface area contributed by atoms with Crippen LogP contribution in [0.25, 0.3) is 0 Å². The van der Waals surface area contributed by atoms with Gasteiger partial charge in [-0.25, -0.2) is 4.99 Å². The lowest BCUT2D eigenvalue weighted by atomic mass is 10.2. The van der Waals surface area contributed by atoms with Crippen LogP contribution >= 0.6 is 24.0 Å². The summed E-state index contributed by atoms with van der Waals surface area (Å²) in [5, 5.41) is 13.9. The number of aliphatic imine (C=N–C) groups is 1. The minimum Gasteiger partial charge on any atom is -0.497 e. The molecule has 0 unspecified atom stereocenters. The molecule has 2 rings (SSSR count). The highest BCUT2D eigenvalue weighted by molar-refractivity contribution is 14.0. The van der Waals surface area contributed by atoms with Gasteiger partial charge in [0.15, 0.2) is 5.96 Å². The third-order valence-corrected chi connectivity index (χ3v) is 3.84. The predicted octanol–water partition coefficient (Wildman–Crippen LogP) is 3.04. The second-order valence-electron chi connectivity index (χ2n) is 5.88. The summed E-state index contributed by atoms with van der Waals surface area (Å²) in [4.78, 5) is 4.46. The lowest BCUT2D eigenvalue weighted by Crippen LogP contribution is -2.37. The summed E-state index contributed by atoms with van der Waals surface area (Å²) in [6.07, 6.45) is 5.27. The van der Waals surface area contributed by atoms with E-state index in [2.05, 4.69) is 30.6 Å². The zero-order valence-electron chi connectivity index (χ0n) is 16.5. The Labute approximate surface area is 186 Å². The van der Waals surface area contributed by atoms with Crippen LogP contribution < -0.4 is 20.1 Å². The molecule has 0 aliphatic heterocycles. The van der Waals surface area contributed by atoms with Gasteiger partial charge in [-0.05, 0) is 38.0 Å². The second kappa shape index (κ2) is 13.9. The van der Waals surface area contributed by atoms with Gasteiger partial charge in [-0.15, -0.1) is 34.2 Å². The van der Waals surface area contributed by atoms with Crippen molar-refractivity contribution < 1.29 is 18.3 Å². The van der Waals surface area contributed by atoms with Gasteiger partial charge in [0.2, 0.25) is 0 Å². The fourth-order valence-corrected chi connectivity index (χ4v) is 2.49. The second-order valence-corrected chi connectivity index (χ2v) is 5.88. The third-order valence-electron chi connectivity index (χ3n) is 3.84. The predicted molar refractivity (Wildman–Crippen MR) is 117 cm³/mol. The molecule has 29 heavy (non-hydrogen) atoms. The van der Waals surface area contributed by atoms with Crippen LogP contribution in [0.1, 0.15) is 25.3 Å². The first-order valence-corrected chi connectivity index (χ1v) is 9.08. The molecule has 0 spiro atoms. The van der Waals surface area contributed by atoms with Gasteiger partial charge in [-0.1, -0.05) is 0 Å². The quantitative estimate of drug-likeness (QED) is 0.204. The number of guanidine groups is 1. The fraction of sp³-hybridized carbons (Fsp3) is 0.500. The van der Waals surface area contributed by atoms with Gasteiger partial charge in [-0.2, -0.15) is 8.78 Å². The van der Waals surface area contributed by atoms with E-state index in [1.54, 1.807) is 24.8 Å². The molecule has 0 aliphatic rings. The summed E-state index contributed by atoms with van der Waals surface area (Å²) >= 11 is 0. The number of ether oxygens (including phenoxy) is 2. The molecule has 0 amide bonds. The molecule has 162 valence electrons. The third kappa shape index (κ3) is 9.24. The van der Waals surface area contributed by atoms with Crippen LogP contribution in [0.2, 0.25) is 0 Å². The average molecular weight is 524 g/mol. The van der Waals surface area contributed by atoms with Crippen molar-refractivity contribution in [1.82, 2.24) is 25.4 Å². The molecule has 2 N–H and O–H groups in total. The number of halogens is 3. The van der Waals surface area contributed by atoms with Gasteiger partial charge in [0, 0.05) is 25.2 Å². The number of aromatic nitrogens is 3. The molecule has 0 atom stereocenters. The average Bonchev–Trinajstić information content (AvgIpc) is 3.19. The molecule has 0 aliphatic carbocycles. The number of hydrogen-bond acceptors (Lipinski definition) is 5. The van der Waals surface area contributed by atoms with Crippen molar-refractivity contribution in [2.75, 3.05) is 20.2 Å². The topological polar surface area (TPSA) is 85.6 Å². The highest BCUT2D eigenvalue weighted by Gasteiger charge is 2.11. The number of rotatable bonds is 11. The van der Waals surface area contributed by atoms with Crippen molar-refractivity contribution in [2.45, 2.75) is 39.5 Å². The minimum atomic E-state index is -2.90. The molecule has 8 nitrogen and oxygen atoms in total. The Morgan fingerprint density at radius 2 is 1.97 bits per heavy atom. The summed E-state index contributed by atoms with van der Waals surface area (Å²) in [5.41, 5.74) is 0.518. The maximum absolute atomic E-state index is 12.6. The standard InChI is InChI=1S/C18H26F2N6O2.HI/c1-3-21-18(22-8-4-5-9-26-12-24-25-13-26)23-11-14-10-15(27-2)6-7-16(14)28-17(19)20;/h6-7,10,12-13,17H,3-5,8-9,11H2,1-2H3,(H2,21,22,23);1H. The molecule has 1 heterocycles. The van der Waals surface area contributed by atoms with Crippen LogP contribution in [-0.4, -0.2) is 47.5 Å². The maximum atomic E-state index is 12.6. The van der Waals surface area contributed by atoms with E-state index in [1.165, 1.54) is 13.2 Å². The molecular formula is C18H27F2IN6O2. The van der Waals surface area contributed by atoms with Gasteiger partial charge >= 0.3 is 6.61 Å². The van der Waals surface area contributed by atoms with Crippen LogP contribution in [-0.2, 0) is 13.1 Å². The molecule has 0 fully saturated rings. The number of hydrogen-bond donors (Lipinski definition) is 2. The minimum absolute atomic E-state index is 0. The van der Waals surface area contributed by atoms with E-state index in [0.29, 0.717) is 23.8 Å². The SMILES string of the molecule is CCNC(=NCc1cc(OC)ccc1OC(F)F)NCCCCn1cnnc1.I. The number of benzene rings is 1. The first-order valence-electron chi connectivity index (χ1n) is 9.08. The highest BCUT2D eigenvalue weighted by Crippen LogP contribution is 2.26. The van der Waals surface area contributed by atoms with Gasteiger partial charge in [0.05, 0.1) is 13.7 Å². The van der Waals surface area contributed by atoms with Crippen molar-refractivity contribution in [1.29, 1.82) is 0 Å². The summed E-state index contributed by atoms with van der Waals surface area (Å²) in [6.45, 7) is 1.50. The number of unbranched alkanes of at least 4 members (excludes halogenated alkanes) is 1. The monoisotopic (exact) mass is 524 g/mol. The van der Waals surface area contributed by atoms with Gasteiger partial charge in [0.1, 0.15) is 24.2 Å². The van der Waals surface area contributed by atoms with Crippen LogP contribution in [0.15, 0.2) is 35.8 Å². The molecule has 0 bridgehead atoms. The van der Waals surface area contributed by atoms with E-state index in [4.69, 9.17) is 4.74 Å². The summed E-state index contributed by atoms with van der Waals surface area (Å²) in [5.74, 6) is 1.25. The van der Waals surface area contributed by atoms with Crippen LogP contribution in [0, 0.1) is 0 Å². The number of nitrogens with zero attached hydrogens (tertiary/aromatic N) is 4. The Hall–Kier alpha value is -2.18. The summed E-state index contributed by atoms with van der Waals surface area (Å²) in [7, 11) is 1.52. The summed E-state index contributed by atoms with van der Waals surface area (Å²) < 4.78 is 36.9. The van der Waals surface area contributed by atoms with E-state index in [-0.39, 0.29) is 36.3 Å². The van der Waals surface area contributed by atoms with Crippen LogP contribution in [0.3, 0.4) is 0 Å². The van der Waals surface area contributed by atoms with Crippen LogP contribution in [0.5, 0.6) is 11.5 Å². The largest absolute Gasteiger partial charge is 0.497 e. The molecule has 0 saturated heterocycles. The molecule has 0 radical (unpaired) electrons. The molecule has 1 aromatic carbocycles. The Bertz CT molecular complexity index is 731. The Morgan fingerprint density at radius 3 is 2.62 bits per heavy atom. The van der Waals surface area contributed by atoms with Crippen molar-refractivity contribution in [3.05, 3.63) is 36.4 Å². The smallest absolute Gasteiger partial charge is 0.387 e. The molecule has 2 aromatic rings. The number of nitrogens with one attached hydrogen (secondary N) is 2. The maximum Gasteiger partial charge on any atom is 0.387 e. The fourth-order valence-electron chi connectivity index (χ4n) is 2.49. The van der Waals surface area contributed by atoms with Gasteiger partial charge in [0.25, 0.3) is 0 Å². The molecule has 1 aromatic heterocycles. The van der Waals surface area contributed by atoms with E-state index in [1.807, 2.05) is 11.5 Å². The molecule has 11 heteroatoms. The van der Waals surface area contributed by atoms with E-state index in [0.717, 1.165) is 25.9 Å². The normalized spacial score (nSPS) is 11.1. The van der Waals surface area contributed by atoms with E-state index >= 15 is 0 Å². The van der Waals surface area contributed by atoms with Crippen molar-refractivity contribution in [2.24, 2.45) is 4.99 Å². The Kier molecular flexibility index (Phi) is 11.9. The highest BCUT2D eigenvalue weighted by atomic mass is 127. The number of aryl methyl sites for hydroxylation is 1. The molecule has 0 saturated carbocycles.